The molecule has 2 amide bonds. The number of hydrogen-bond donors (Lipinski definition) is 1. The monoisotopic (exact) mass is 300 g/mol. The third-order valence-electron chi connectivity index (χ3n) is 2.96. The second-order valence-electron chi connectivity index (χ2n) is 4.88. The highest BCUT2D eigenvalue weighted by atomic mass is 79.9. The molecule has 1 aliphatic rings. The van der Waals surface area contributed by atoms with Crippen molar-refractivity contribution in [2.75, 3.05) is 18.4 Å². The van der Waals surface area contributed by atoms with E-state index < -0.39 is 0 Å². The van der Waals surface area contributed by atoms with Gasteiger partial charge in [0.1, 0.15) is 0 Å². The predicted octanol–water partition coefficient (Wildman–Crippen LogP) is 3.55. The molecule has 94 valence electrons. The first-order valence-corrected chi connectivity index (χ1v) is 6.65. The number of carbonyl (C=O) groups excluding carboxylic acids is 1. The molecule has 2 unspecified atom stereocenters. The van der Waals surface area contributed by atoms with Crippen LogP contribution in [0.25, 0.3) is 0 Å². The van der Waals surface area contributed by atoms with Crippen LogP contribution in [0.2, 0.25) is 0 Å². The van der Waals surface area contributed by atoms with E-state index in [0.29, 0.717) is 22.4 Å². The minimum absolute atomic E-state index is 0.0785. The van der Waals surface area contributed by atoms with Gasteiger partial charge in [0.05, 0.1) is 0 Å². The summed E-state index contributed by atoms with van der Waals surface area (Å²) >= 11 is 3.21. The molecule has 1 saturated heterocycles. The van der Waals surface area contributed by atoms with Crippen molar-refractivity contribution >= 4 is 27.8 Å². The number of nitrogens with zero attached hydrogens (tertiary/aromatic N) is 1. The standard InChI is InChI=1S/C12H17BrN2O2/c1-8-5-9(2)7-15(6-8)12(16)14-11-4-3-10(13)17-11/h3-4,8-9H,5-7H2,1-2H3,(H,14,16). The number of piperidine rings is 1. The fourth-order valence-electron chi connectivity index (χ4n) is 2.39. The van der Waals surface area contributed by atoms with Gasteiger partial charge in [-0.05, 0) is 40.3 Å². The normalized spacial score (nSPS) is 24.8. The average molecular weight is 301 g/mol. The Bertz CT molecular complexity index is 395. The van der Waals surface area contributed by atoms with Gasteiger partial charge in [0.2, 0.25) is 5.88 Å². The molecule has 1 aliphatic heterocycles. The van der Waals surface area contributed by atoms with Crippen LogP contribution < -0.4 is 5.32 Å². The second kappa shape index (κ2) is 5.12. The molecule has 2 rings (SSSR count). The first kappa shape index (κ1) is 12.5. The van der Waals surface area contributed by atoms with Crippen LogP contribution in [0.4, 0.5) is 10.7 Å². The van der Waals surface area contributed by atoms with Crippen molar-refractivity contribution in [2.24, 2.45) is 11.8 Å². The Kier molecular flexibility index (Phi) is 3.76. The highest BCUT2D eigenvalue weighted by Gasteiger charge is 2.25. The van der Waals surface area contributed by atoms with Gasteiger partial charge in [-0.2, -0.15) is 0 Å². The van der Waals surface area contributed by atoms with Crippen LogP contribution in [0.1, 0.15) is 20.3 Å². The van der Waals surface area contributed by atoms with Crippen molar-refractivity contribution in [3.05, 3.63) is 16.8 Å². The van der Waals surface area contributed by atoms with Gasteiger partial charge in [0.25, 0.3) is 0 Å². The van der Waals surface area contributed by atoms with Crippen molar-refractivity contribution < 1.29 is 9.21 Å². The van der Waals surface area contributed by atoms with E-state index >= 15 is 0 Å². The maximum absolute atomic E-state index is 12.0. The summed E-state index contributed by atoms with van der Waals surface area (Å²) in [5.41, 5.74) is 0. The number of nitrogens with one attached hydrogen (secondary N) is 1. The second-order valence-corrected chi connectivity index (χ2v) is 5.67. The summed E-state index contributed by atoms with van der Waals surface area (Å²) in [4.78, 5) is 13.9. The van der Waals surface area contributed by atoms with Gasteiger partial charge >= 0.3 is 6.03 Å². The summed E-state index contributed by atoms with van der Waals surface area (Å²) in [6.07, 6.45) is 1.19. The van der Waals surface area contributed by atoms with Crippen molar-refractivity contribution in [3.8, 4) is 0 Å². The summed E-state index contributed by atoms with van der Waals surface area (Å²) in [5, 5.41) is 2.76. The Morgan fingerprint density at radius 2 is 2.06 bits per heavy atom. The zero-order valence-corrected chi connectivity index (χ0v) is 11.7. The van der Waals surface area contributed by atoms with Gasteiger partial charge in [-0.25, -0.2) is 4.79 Å². The van der Waals surface area contributed by atoms with Gasteiger partial charge < -0.3 is 9.32 Å². The molecule has 4 nitrogen and oxygen atoms in total. The van der Waals surface area contributed by atoms with Crippen LogP contribution in [-0.2, 0) is 0 Å². The quantitative estimate of drug-likeness (QED) is 0.862. The maximum atomic E-state index is 12.0. The summed E-state index contributed by atoms with van der Waals surface area (Å²) in [7, 11) is 0. The Labute approximate surface area is 109 Å². The number of anilines is 1. The van der Waals surface area contributed by atoms with E-state index in [4.69, 9.17) is 4.42 Å². The van der Waals surface area contributed by atoms with Crippen LogP contribution >= 0.6 is 15.9 Å². The lowest BCUT2D eigenvalue weighted by Crippen LogP contribution is -2.44. The third-order valence-corrected chi connectivity index (χ3v) is 3.39. The van der Waals surface area contributed by atoms with Crippen molar-refractivity contribution in [3.63, 3.8) is 0 Å². The minimum atomic E-state index is -0.0785. The Balaban J connectivity index is 1.95. The van der Waals surface area contributed by atoms with E-state index in [-0.39, 0.29) is 6.03 Å². The van der Waals surface area contributed by atoms with Crippen LogP contribution in [0.3, 0.4) is 0 Å². The molecule has 2 atom stereocenters. The number of furan rings is 1. The fourth-order valence-corrected chi connectivity index (χ4v) is 2.70. The molecule has 1 fully saturated rings. The number of halogens is 1. The molecule has 2 heterocycles. The SMILES string of the molecule is CC1CC(C)CN(C(=O)Nc2ccc(Br)o2)C1. The summed E-state index contributed by atoms with van der Waals surface area (Å²) in [6, 6.07) is 3.42. The Morgan fingerprint density at radius 1 is 1.41 bits per heavy atom. The Morgan fingerprint density at radius 3 is 2.59 bits per heavy atom. The van der Waals surface area contributed by atoms with Crippen LogP contribution in [0.5, 0.6) is 0 Å². The number of likely N-dealkylation sites (tertiary alicyclic amines) is 1. The van der Waals surface area contributed by atoms with Gasteiger partial charge in [-0.3, -0.25) is 5.32 Å². The third kappa shape index (κ3) is 3.25. The van der Waals surface area contributed by atoms with Crippen molar-refractivity contribution in [1.29, 1.82) is 0 Å². The average Bonchev–Trinajstić information content (AvgIpc) is 2.62. The number of carbonyl (C=O) groups is 1. The molecule has 0 aliphatic carbocycles. The van der Waals surface area contributed by atoms with E-state index in [0.717, 1.165) is 13.1 Å². The van der Waals surface area contributed by atoms with E-state index in [1.54, 1.807) is 12.1 Å². The summed E-state index contributed by atoms with van der Waals surface area (Å²) in [5.74, 6) is 1.61. The number of rotatable bonds is 1. The highest BCUT2D eigenvalue weighted by Crippen LogP contribution is 2.23. The molecule has 1 aromatic heterocycles. The first-order chi connectivity index (χ1) is 8.04. The zero-order valence-electron chi connectivity index (χ0n) is 10.1. The largest absolute Gasteiger partial charge is 0.434 e. The molecule has 17 heavy (non-hydrogen) atoms. The van der Waals surface area contributed by atoms with Gasteiger partial charge in [0, 0.05) is 19.2 Å². The topological polar surface area (TPSA) is 45.5 Å². The number of amides is 2. The molecule has 1 N–H and O–H groups in total. The Hall–Kier alpha value is -0.970. The smallest absolute Gasteiger partial charge is 0.324 e. The molecule has 0 aromatic carbocycles. The van der Waals surface area contributed by atoms with Gasteiger partial charge in [-0.15, -0.1) is 0 Å². The highest BCUT2D eigenvalue weighted by molar-refractivity contribution is 9.10. The van der Waals surface area contributed by atoms with Crippen molar-refractivity contribution in [2.45, 2.75) is 20.3 Å². The molecular formula is C12H17BrN2O2. The van der Waals surface area contributed by atoms with Crippen LogP contribution in [0, 0.1) is 11.8 Å². The van der Waals surface area contributed by atoms with E-state index in [1.165, 1.54) is 6.42 Å². The minimum Gasteiger partial charge on any atom is -0.434 e. The number of hydrogen-bond acceptors (Lipinski definition) is 2. The van der Waals surface area contributed by atoms with E-state index in [2.05, 4.69) is 35.1 Å². The first-order valence-electron chi connectivity index (χ1n) is 5.86. The molecular weight excluding hydrogens is 284 g/mol. The molecule has 1 aromatic rings. The van der Waals surface area contributed by atoms with Crippen LogP contribution in [0.15, 0.2) is 21.2 Å². The lowest BCUT2D eigenvalue weighted by molar-refractivity contribution is 0.156. The van der Waals surface area contributed by atoms with E-state index in [1.807, 2.05) is 4.90 Å². The number of urea groups is 1. The maximum Gasteiger partial charge on any atom is 0.324 e. The van der Waals surface area contributed by atoms with Crippen LogP contribution in [-0.4, -0.2) is 24.0 Å². The van der Waals surface area contributed by atoms with Gasteiger partial charge in [0.15, 0.2) is 4.67 Å². The molecule has 0 bridgehead atoms. The molecule has 0 saturated carbocycles. The molecule has 0 radical (unpaired) electrons. The lowest BCUT2D eigenvalue weighted by Gasteiger charge is -2.34. The fraction of sp³-hybridized carbons (Fsp3) is 0.583. The summed E-state index contributed by atoms with van der Waals surface area (Å²) < 4.78 is 5.88. The summed E-state index contributed by atoms with van der Waals surface area (Å²) in [6.45, 7) is 5.99. The lowest BCUT2D eigenvalue weighted by atomic mass is 9.92. The molecule has 0 spiro atoms. The van der Waals surface area contributed by atoms with E-state index in [9.17, 15) is 4.79 Å². The molecule has 5 heteroatoms. The van der Waals surface area contributed by atoms with Crippen molar-refractivity contribution in [1.82, 2.24) is 4.90 Å². The zero-order chi connectivity index (χ0) is 12.4. The predicted molar refractivity (Wildman–Crippen MR) is 69.9 cm³/mol. The van der Waals surface area contributed by atoms with Gasteiger partial charge in [-0.1, -0.05) is 13.8 Å².